The van der Waals surface area contributed by atoms with Gasteiger partial charge in [-0.25, -0.2) is 4.98 Å². The highest BCUT2D eigenvalue weighted by molar-refractivity contribution is 7.99. The number of nitrogens with zero attached hydrogens (tertiary/aromatic N) is 2. The molecule has 0 radical (unpaired) electrons. The summed E-state index contributed by atoms with van der Waals surface area (Å²) in [6.45, 7) is 9.72. The standard InChI is InChI=1S/C19H23N3O3S2/c1-10(2)22-18(24)16-11(3)13(5)27-17(16)21-19(22)26-9-15(23)20-12(4)14-7-6-8-25-14/h6-8,10,12H,9H2,1-5H3,(H,20,23)/t12-/m0/s1. The zero-order valence-corrected chi connectivity index (χ0v) is 17.7. The number of thiophene rings is 1. The molecule has 0 aliphatic rings. The highest BCUT2D eigenvalue weighted by Crippen LogP contribution is 2.29. The molecule has 27 heavy (non-hydrogen) atoms. The van der Waals surface area contributed by atoms with Crippen molar-refractivity contribution in [1.82, 2.24) is 14.9 Å². The summed E-state index contributed by atoms with van der Waals surface area (Å²) in [5.74, 6) is 0.752. The van der Waals surface area contributed by atoms with Gasteiger partial charge in [-0.05, 0) is 52.3 Å². The fourth-order valence-electron chi connectivity index (χ4n) is 2.87. The van der Waals surface area contributed by atoms with Crippen LogP contribution in [0.25, 0.3) is 10.2 Å². The zero-order chi connectivity index (χ0) is 19.7. The van der Waals surface area contributed by atoms with Crippen molar-refractivity contribution in [2.24, 2.45) is 0 Å². The minimum atomic E-state index is -0.210. The number of hydrogen-bond donors (Lipinski definition) is 1. The van der Waals surface area contributed by atoms with Crippen molar-refractivity contribution >= 4 is 39.2 Å². The Hall–Kier alpha value is -2.06. The number of nitrogens with one attached hydrogen (secondary N) is 1. The van der Waals surface area contributed by atoms with E-state index in [1.54, 1.807) is 16.9 Å². The maximum Gasteiger partial charge on any atom is 0.263 e. The van der Waals surface area contributed by atoms with Gasteiger partial charge in [0.2, 0.25) is 5.91 Å². The third-order valence-electron chi connectivity index (χ3n) is 4.40. The van der Waals surface area contributed by atoms with Crippen molar-refractivity contribution in [2.75, 3.05) is 5.75 Å². The SMILES string of the molecule is Cc1sc2nc(SCC(=O)N[C@@H](C)c3ccco3)n(C(C)C)c(=O)c2c1C. The molecule has 0 saturated heterocycles. The van der Waals surface area contributed by atoms with E-state index in [2.05, 4.69) is 10.3 Å². The molecule has 0 aromatic carbocycles. The van der Waals surface area contributed by atoms with Crippen molar-refractivity contribution in [3.63, 3.8) is 0 Å². The molecule has 6 nitrogen and oxygen atoms in total. The zero-order valence-electron chi connectivity index (χ0n) is 16.0. The van der Waals surface area contributed by atoms with Crippen LogP contribution in [0.5, 0.6) is 0 Å². The van der Waals surface area contributed by atoms with E-state index in [9.17, 15) is 9.59 Å². The summed E-state index contributed by atoms with van der Waals surface area (Å²) >= 11 is 2.80. The molecule has 3 heterocycles. The number of amides is 1. The Labute approximate surface area is 166 Å². The van der Waals surface area contributed by atoms with Gasteiger partial charge < -0.3 is 9.73 Å². The van der Waals surface area contributed by atoms with Gasteiger partial charge in [0.15, 0.2) is 5.16 Å². The first-order valence-electron chi connectivity index (χ1n) is 8.77. The number of furan rings is 1. The van der Waals surface area contributed by atoms with Crippen LogP contribution in [0.3, 0.4) is 0 Å². The second-order valence-electron chi connectivity index (χ2n) is 6.72. The van der Waals surface area contributed by atoms with Crippen molar-refractivity contribution < 1.29 is 9.21 Å². The first kappa shape index (κ1) is 19.7. The lowest BCUT2D eigenvalue weighted by atomic mass is 10.2. The van der Waals surface area contributed by atoms with Crippen LogP contribution >= 0.6 is 23.1 Å². The molecule has 0 aliphatic heterocycles. The molecule has 0 spiro atoms. The van der Waals surface area contributed by atoms with Crippen molar-refractivity contribution in [3.05, 3.63) is 45.0 Å². The first-order chi connectivity index (χ1) is 12.8. The molecule has 0 saturated carbocycles. The average molecular weight is 406 g/mol. The Bertz CT molecular complexity index is 1020. The Morgan fingerprint density at radius 2 is 2.11 bits per heavy atom. The maximum absolute atomic E-state index is 13.0. The maximum atomic E-state index is 13.0. The molecule has 3 aromatic rings. The number of carbonyl (C=O) groups excluding carboxylic acids is 1. The van der Waals surface area contributed by atoms with Crippen LogP contribution in [-0.2, 0) is 4.79 Å². The van der Waals surface area contributed by atoms with Gasteiger partial charge in [0.05, 0.1) is 23.4 Å². The molecule has 1 N–H and O–H groups in total. The van der Waals surface area contributed by atoms with Gasteiger partial charge in [-0.2, -0.15) is 0 Å². The molecule has 3 rings (SSSR count). The topological polar surface area (TPSA) is 77.1 Å². The highest BCUT2D eigenvalue weighted by Gasteiger charge is 2.19. The molecule has 8 heteroatoms. The lowest BCUT2D eigenvalue weighted by Crippen LogP contribution is -2.29. The van der Waals surface area contributed by atoms with E-state index in [-0.39, 0.29) is 29.3 Å². The molecule has 0 bridgehead atoms. The summed E-state index contributed by atoms with van der Waals surface area (Å²) < 4.78 is 6.99. The van der Waals surface area contributed by atoms with E-state index >= 15 is 0 Å². The van der Waals surface area contributed by atoms with Gasteiger partial charge in [-0.1, -0.05) is 11.8 Å². The van der Waals surface area contributed by atoms with Crippen LogP contribution in [0.4, 0.5) is 0 Å². The Morgan fingerprint density at radius 1 is 1.37 bits per heavy atom. The quantitative estimate of drug-likeness (QED) is 0.491. The monoisotopic (exact) mass is 405 g/mol. The average Bonchev–Trinajstić information content (AvgIpc) is 3.22. The largest absolute Gasteiger partial charge is 0.467 e. The highest BCUT2D eigenvalue weighted by atomic mass is 32.2. The van der Waals surface area contributed by atoms with E-state index in [0.717, 1.165) is 15.3 Å². The third kappa shape index (κ3) is 3.96. The van der Waals surface area contributed by atoms with Crippen molar-refractivity contribution in [2.45, 2.75) is 51.9 Å². The van der Waals surface area contributed by atoms with Crippen LogP contribution in [-0.4, -0.2) is 21.2 Å². The number of carbonyl (C=O) groups is 1. The molecule has 1 amide bonds. The van der Waals surface area contributed by atoms with Gasteiger partial charge >= 0.3 is 0 Å². The number of rotatable bonds is 6. The van der Waals surface area contributed by atoms with E-state index in [0.29, 0.717) is 16.3 Å². The summed E-state index contributed by atoms with van der Waals surface area (Å²) in [5, 5.41) is 4.16. The number of aromatic nitrogens is 2. The summed E-state index contributed by atoms with van der Waals surface area (Å²) in [4.78, 5) is 31.8. The summed E-state index contributed by atoms with van der Waals surface area (Å²) in [6, 6.07) is 3.36. The normalized spacial score (nSPS) is 12.7. The smallest absolute Gasteiger partial charge is 0.263 e. The van der Waals surface area contributed by atoms with E-state index < -0.39 is 0 Å². The number of aryl methyl sites for hydroxylation is 2. The second-order valence-corrected chi connectivity index (χ2v) is 8.87. The minimum absolute atomic E-state index is 0.0382. The fraction of sp³-hybridized carbons (Fsp3) is 0.421. The van der Waals surface area contributed by atoms with E-state index in [1.165, 1.54) is 23.1 Å². The van der Waals surface area contributed by atoms with E-state index in [4.69, 9.17) is 4.42 Å². The molecule has 3 aromatic heterocycles. The number of hydrogen-bond acceptors (Lipinski definition) is 6. The van der Waals surface area contributed by atoms with Gasteiger partial charge in [0.25, 0.3) is 5.56 Å². The second kappa shape index (κ2) is 7.90. The lowest BCUT2D eigenvalue weighted by Gasteiger charge is -2.16. The molecule has 1 atom stereocenters. The number of fused-ring (bicyclic) bond motifs is 1. The predicted octanol–water partition coefficient (Wildman–Crippen LogP) is 4.22. The third-order valence-corrected chi connectivity index (χ3v) is 6.45. The molecule has 0 unspecified atom stereocenters. The molecule has 0 fully saturated rings. The predicted molar refractivity (Wildman–Crippen MR) is 110 cm³/mol. The lowest BCUT2D eigenvalue weighted by molar-refractivity contribution is -0.119. The molecular formula is C19H23N3O3S2. The van der Waals surface area contributed by atoms with Gasteiger partial charge in [-0.3, -0.25) is 14.2 Å². The van der Waals surface area contributed by atoms with Gasteiger partial charge in [0.1, 0.15) is 10.6 Å². The Morgan fingerprint density at radius 3 is 2.74 bits per heavy atom. The van der Waals surface area contributed by atoms with Crippen LogP contribution in [0.15, 0.2) is 32.8 Å². The molecular weight excluding hydrogens is 382 g/mol. The van der Waals surface area contributed by atoms with Crippen LogP contribution in [0.1, 0.15) is 49.1 Å². The van der Waals surface area contributed by atoms with Gasteiger partial charge in [-0.15, -0.1) is 11.3 Å². The van der Waals surface area contributed by atoms with Crippen LogP contribution < -0.4 is 10.9 Å². The molecule has 0 aliphatic carbocycles. The summed E-state index contributed by atoms with van der Waals surface area (Å²) in [6.07, 6.45) is 1.58. The van der Waals surface area contributed by atoms with Gasteiger partial charge in [0, 0.05) is 10.9 Å². The van der Waals surface area contributed by atoms with Crippen molar-refractivity contribution in [1.29, 1.82) is 0 Å². The summed E-state index contributed by atoms with van der Waals surface area (Å²) in [7, 11) is 0. The minimum Gasteiger partial charge on any atom is -0.467 e. The van der Waals surface area contributed by atoms with Crippen LogP contribution in [0, 0.1) is 13.8 Å². The Kier molecular flexibility index (Phi) is 5.76. The Balaban J connectivity index is 1.83. The summed E-state index contributed by atoms with van der Waals surface area (Å²) in [5.41, 5.74) is 0.951. The fourth-order valence-corrected chi connectivity index (χ4v) is 4.88. The van der Waals surface area contributed by atoms with E-state index in [1.807, 2.05) is 40.7 Å². The first-order valence-corrected chi connectivity index (χ1v) is 10.6. The number of thioether (sulfide) groups is 1. The van der Waals surface area contributed by atoms with Crippen molar-refractivity contribution in [3.8, 4) is 0 Å². The van der Waals surface area contributed by atoms with Crippen LogP contribution in [0.2, 0.25) is 0 Å². The molecule has 144 valence electrons.